The Bertz CT molecular complexity index is 344. The van der Waals surface area contributed by atoms with Crippen molar-refractivity contribution in [1.29, 1.82) is 0 Å². The zero-order valence-electron chi connectivity index (χ0n) is 8.19. The van der Waals surface area contributed by atoms with Crippen LogP contribution in [-0.4, -0.2) is 28.1 Å². The van der Waals surface area contributed by atoms with E-state index >= 15 is 0 Å². The second-order valence-electron chi connectivity index (χ2n) is 2.63. The number of carbonyl (C=O) groups excluding carboxylic acids is 2. The summed E-state index contributed by atoms with van der Waals surface area (Å²) in [4.78, 5) is 22.4. The van der Waals surface area contributed by atoms with Crippen LogP contribution in [0.5, 0.6) is 0 Å². The molecule has 0 aliphatic heterocycles. The van der Waals surface area contributed by atoms with Crippen molar-refractivity contribution in [3.8, 4) is 0 Å². The van der Waals surface area contributed by atoms with Crippen molar-refractivity contribution >= 4 is 11.8 Å². The summed E-state index contributed by atoms with van der Waals surface area (Å²) >= 11 is 0. The number of aryl methyl sites for hydroxylation is 1. The van der Waals surface area contributed by atoms with Gasteiger partial charge in [-0.3, -0.25) is 9.48 Å². The lowest BCUT2D eigenvalue weighted by molar-refractivity contribution is -0.137. The molecule has 0 aromatic carbocycles. The Morgan fingerprint density at radius 3 is 2.71 bits per heavy atom. The normalized spacial score (nSPS) is 9.86. The Hall–Kier alpha value is -1.65. The molecule has 0 saturated carbocycles. The maximum absolute atomic E-state index is 11.3. The van der Waals surface area contributed by atoms with E-state index in [0.717, 1.165) is 0 Å². The van der Waals surface area contributed by atoms with Gasteiger partial charge < -0.3 is 4.74 Å². The average molecular weight is 196 g/mol. The first kappa shape index (κ1) is 10.4. The molecule has 5 heteroatoms. The third kappa shape index (κ3) is 2.18. The summed E-state index contributed by atoms with van der Waals surface area (Å²) in [6, 6.07) is 0. The SMILES string of the molecule is CCOC(=O)C(=O)c1cnn(CC)c1. The lowest BCUT2D eigenvalue weighted by Gasteiger charge is -1.97. The first-order valence-corrected chi connectivity index (χ1v) is 4.43. The minimum atomic E-state index is -0.830. The van der Waals surface area contributed by atoms with Crippen LogP contribution in [-0.2, 0) is 16.1 Å². The zero-order valence-corrected chi connectivity index (χ0v) is 8.19. The number of ether oxygens (including phenoxy) is 1. The highest BCUT2D eigenvalue weighted by Gasteiger charge is 2.18. The second kappa shape index (κ2) is 4.55. The molecule has 0 spiro atoms. The molecule has 0 saturated heterocycles. The molecule has 76 valence electrons. The lowest BCUT2D eigenvalue weighted by Crippen LogP contribution is -2.16. The summed E-state index contributed by atoms with van der Waals surface area (Å²) < 4.78 is 6.15. The first-order chi connectivity index (χ1) is 6.69. The molecule has 0 amide bonds. The predicted octanol–water partition coefficient (Wildman–Crippen LogP) is 0.649. The van der Waals surface area contributed by atoms with E-state index in [4.69, 9.17) is 0 Å². The van der Waals surface area contributed by atoms with Gasteiger partial charge >= 0.3 is 5.97 Å². The molecule has 0 radical (unpaired) electrons. The van der Waals surface area contributed by atoms with Gasteiger partial charge in [0.1, 0.15) is 0 Å². The van der Waals surface area contributed by atoms with Gasteiger partial charge in [0.2, 0.25) is 0 Å². The maximum Gasteiger partial charge on any atom is 0.379 e. The van der Waals surface area contributed by atoms with Crippen LogP contribution in [0.3, 0.4) is 0 Å². The molecule has 1 aromatic rings. The molecular formula is C9H12N2O3. The molecule has 0 aliphatic rings. The molecule has 14 heavy (non-hydrogen) atoms. The van der Waals surface area contributed by atoms with Gasteiger partial charge in [0.15, 0.2) is 0 Å². The fourth-order valence-electron chi connectivity index (χ4n) is 0.968. The van der Waals surface area contributed by atoms with Crippen molar-refractivity contribution in [2.45, 2.75) is 20.4 Å². The third-order valence-electron chi connectivity index (χ3n) is 1.68. The highest BCUT2D eigenvalue weighted by atomic mass is 16.5. The minimum absolute atomic E-state index is 0.201. The van der Waals surface area contributed by atoms with Gasteiger partial charge in [-0.15, -0.1) is 0 Å². The van der Waals surface area contributed by atoms with Crippen LogP contribution >= 0.6 is 0 Å². The predicted molar refractivity (Wildman–Crippen MR) is 48.9 cm³/mol. The van der Waals surface area contributed by atoms with Crippen LogP contribution in [0, 0.1) is 0 Å². The van der Waals surface area contributed by atoms with Crippen molar-refractivity contribution in [3.05, 3.63) is 18.0 Å². The molecule has 0 atom stereocenters. The highest BCUT2D eigenvalue weighted by molar-refractivity contribution is 6.40. The third-order valence-corrected chi connectivity index (χ3v) is 1.68. The van der Waals surface area contributed by atoms with Crippen molar-refractivity contribution in [3.63, 3.8) is 0 Å². The van der Waals surface area contributed by atoms with E-state index in [9.17, 15) is 9.59 Å². The summed E-state index contributed by atoms with van der Waals surface area (Å²) in [7, 11) is 0. The Morgan fingerprint density at radius 1 is 1.50 bits per heavy atom. The zero-order chi connectivity index (χ0) is 10.6. The monoisotopic (exact) mass is 196 g/mol. The Kier molecular flexibility index (Phi) is 3.39. The number of aromatic nitrogens is 2. The van der Waals surface area contributed by atoms with Gasteiger partial charge in [-0.25, -0.2) is 4.79 Å². The number of carbonyl (C=O) groups is 2. The average Bonchev–Trinajstić information content (AvgIpc) is 2.65. The van der Waals surface area contributed by atoms with Gasteiger partial charge in [-0.2, -0.15) is 5.10 Å². The summed E-state index contributed by atoms with van der Waals surface area (Å²) in [5, 5.41) is 3.89. The molecule has 0 bridgehead atoms. The van der Waals surface area contributed by atoms with E-state index in [-0.39, 0.29) is 12.2 Å². The van der Waals surface area contributed by atoms with Gasteiger partial charge in [-0.1, -0.05) is 0 Å². The molecule has 0 aliphatic carbocycles. The van der Waals surface area contributed by atoms with Crippen LogP contribution in [0.4, 0.5) is 0 Å². The molecule has 1 heterocycles. The number of rotatable bonds is 4. The van der Waals surface area contributed by atoms with E-state index in [1.165, 1.54) is 12.4 Å². The van der Waals surface area contributed by atoms with Crippen molar-refractivity contribution < 1.29 is 14.3 Å². The topological polar surface area (TPSA) is 61.2 Å². The Labute approximate surface area is 81.7 Å². The smallest absolute Gasteiger partial charge is 0.379 e. The molecule has 5 nitrogen and oxygen atoms in total. The van der Waals surface area contributed by atoms with E-state index in [1.54, 1.807) is 11.6 Å². The number of Topliss-reactive ketones (excluding diaryl/α,β-unsaturated/α-hetero) is 1. The van der Waals surface area contributed by atoms with Gasteiger partial charge in [0.25, 0.3) is 5.78 Å². The van der Waals surface area contributed by atoms with Crippen LogP contribution in [0.2, 0.25) is 0 Å². The quantitative estimate of drug-likeness (QED) is 0.403. The molecular weight excluding hydrogens is 184 g/mol. The van der Waals surface area contributed by atoms with E-state index in [1.807, 2.05) is 6.92 Å². The maximum atomic E-state index is 11.3. The van der Waals surface area contributed by atoms with E-state index in [0.29, 0.717) is 6.54 Å². The number of hydrogen-bond acceptors (Lipinski definition) is 4. The number of ketones is 1. The van der Waals surface area contributed by atoms with Crippen molar-refractivity contribution in [1.82, 2.24) is 9.78 Å². The molecule has 0 fully saturated rings. The fraction of sp³-hybridized carbons (Fsp3) is 0.444. The lowest BCUT2D eigenvalue weighted by atomic mass is 10.2. The van der Waals surface area contributed by atoms with E-state index < -0.39 is 11.8 Å². The largest absolute Gasteiger partial charge is 0.460 e. The summed E-state index contributed by atoms with van der Waals surface area (Å²) in [6.07, 6.45) is 2.89. The first-order valence-electron chi connectivity index (χ1n) is 4.43. The van der Waals surface area contributed by atoms with Crippen molar-refractivity contribution in [2.75, 3.05) is 6.61 Å². The Morgan fingerprint density at radius 2 is 2.21 bits per heavy atom. The molecule has 1 rings (SSSR count). The summed E-state index contributed by atoms with van der Waals surface area (Å²) in [6.45, 7) is 4.41. The number of nitrogens with zero attached hydrogens (tertiary/aromatic N) is 2. The molecule has 0 N–H and O–H groups in total. The van der Waals surface area contributed by atoms with Crippen LogP contribution in [0.15, 0.2) is 12.4 Å². The van der Waals surface area contributed by atoms with E-state index in [2.05, 4.69) is 9.84 Å². The highest BCUT2D eigenvalue weighted by Crippen LogP contribution is 2.00. The minimum Gasteiger partial charge on any atom is -0.460 e. The van der Waals surface area contributed by atoms with Gasteiger partial charge in [-0.05, 0) is 13.8 Å². The van der Waals surface area contributed by atoms with Crippen LogP contribution in [0.1, 0.15) is 24.2 Å². The number of esters is 1. The van der Waals surface area contributed by atoms with Gasteiger partial charge in [0, 0.05) is 12.7 Å². The van der Waals surface area contributed by atoms with Gasteiger partial charge in [0.05, 0.1) is 18.4 Å². The van der Waals surface area contributed by atoms with Crippen LogP contribution < -0.4 is 0 Å². The Balaban J connectivity index is 2.74. The fourth-order valence-corrected chi connectivity index (χ4v) is 0.968. The van der Waals surface area contributed by atoms with Crippen LogP contribution in [0.25, 0.3) is 0 Å². The summed E-state index contributed by atoms with van der Waals surface area (Å²) in [5.41, 5.74) is 0.269. The summed E-state index contributed by atoms with van der Waals surface area (Å²) in [5.74, 6) is -1.48. The standard InChI is InChI=1S/C9H12N2O3/c1-3-11-6-7(5-10-11)8(12)9(13)14-4-2/h5-6H,3-4H2,1-2H3. The molecule has 1 aromatic heterocycles. The van der Waals surface area contributed by atoms with Crippen molar-refractivity contribution in [2.24, 2.45) is 0 Å². The number of hydrogen-bond donors (Lipinski definition) is 0. The second-order valence-corrected chi connectivity index (χ2v) is 2.63. The molecule has 0 unspecified atom stereocenters.